The zero-order chi connectivity index (χ0) is 27.0. The highest BCUT2D eigenvalue weighted by atomic mass is 19.1. The number of rotatable bonds is 7. The van der Waals surface area contributed by atoms with Crippen molar-refractivity contribution in [2.24, 2.45) is 11.1 Å². The molecular weight excluding hydrogens is 494 g/mol. The van der Waals surface area contributed by atoms with Crippen molar-refractivity contribution >= 4 is 40.0 Å². The molecular formula is C28H22F2N4O4. The highest BCUT2D eigenvalue weighted by Gasteiger charge is 2.56. The van der Waals surface area contributed by atoms with Gasteiger partial charge in [0.25, 0.3) is 0 Å². The van der Waals surface area contributed by atoms with Crippen LogP contribution in [0.15, 0.2) is 66.9 Å². The first kappa shape index (κ1) is 24.8. The minimum Gasteiger partial charge on any atom is -0.454 e. The minimum absolute atomic E-state index is 0.0951. The number of amides is 3. The molecule has 38 heavy (non-hydrogen) atoms. The van der Waals surface area contributed by atoms with Crippen LogP contribution in [0, 0.1) is 24.0 Å². The molecule has 0 radical (unpaired) electrons. The van der Waals surface area contributed by atoms with Gasteiger partial charge in [0, 0.05) is 34.6 Å². The summed E-state index contributed by atoms with van der Waals surface area (Å²) in [4.78, 5) is 41.5. The number of nitrogens with zero attached hydrogens (tertiary/aromatic N) is 1. The summed E-state index contributed by atoms with van der Waals surface area (Å²) in [5, 5.41) is 5.78. The number of carbonyl (C=O) groups excluding carboxylic acids is 3. The van der Waals surface area contributed by atoms with Gasteiger partial charge in [-0.15, -0.1) is 0 Å². The van der Waals surface area contributed by atoms with Gasteiger partial charge in [0.1, 0.15) is 17.0 Å². The SMILES string of the molecule is Cc1cc2c(Oc3ccc(NC(=O)C4(C(=O)Nc5ccc(F)cc5)CC4)cc3F)ccnc2cc1C(N)=O. The Labute approximate surface area is 215 Å². The first-order chi connectivity index (χ1) is 18.2. The Balaban J connectivity index is 1.31. The van der Waals surface area contributed by atoms with Crippen molar-refractivity contribution in [1.29, 1.82) is 0 Å². The first-order valence-corrected chi connectivity index (χ1v) is 11.7. The van der Waals surface area contributed by atoms with Gasteiger partial charge in [-0.25, -0.2) is 8.78 Å². The number of primary amides is 1. The summed E-state index contributed by atoms with van der Waals surface area (Å²) in [6.45, 7) is 1.72. The summed E-state index contributed by atoms with van der Waals surface area (Å²) in [6, 6.07) is 13.9. The summed E-state index contributed by atoms with van der Waals surface area (Å²) >= 11 is 0. The van der Waals surface area contributed by atoms with Crippen molar-refractivity contribution in [3.05, 3.63) is 89.6 Å². The molecule has 4 N–H and O–H groups in total. The number of aromatic nitrogens is 1. The molecule has 1 aromatic heterocycles. The van der Waals surface area contributed by atoms with E-state index in [0.29, 0.717) is 46.3 Å². The van der Waals surface area contributed by atoms with Crippen LogP contribution in [0.25, 0.3) is 10.9 Å². The van der Waals surface area contributed by atoms with Crippen molar-refractivity contribution in [3.63, 3.8) is 0 Å². The molecule has 1 aliphatic rings. The molecule has 3 amide bonds. The molecule has 0 aliphatic heterocycles. The molecule has 4 aromatic rings. The maximum atomic E-state index is 15.0. The van der Waals surface area contributed by atoms with Crippen LogP contribution in [0.2, 0.25) is 0 Å². The Hall–Kier alpha value is -4.86. The lowest BCUT2D eigenvalue weighted by atomic mass is 10.0. The lowest BCUT2D eigenvalue weighted by Gasteiger charge is -2.16. The number of aryl methyl sites for hydroxylation is 1. The monoisotopic (exact) mass is 516 g/mol. The number of ether oxygens (including phenoxy) is 1. The van der Waals surface area contributed by atoms with E-state index in [1.165, 1.54) is 42.6 Å². The summed E-state index contributed by atoms with van der Waals surface area (Å²) in [5.41, 5.74) is 6.06. The van der Waals surface area contributed by atoms with Gasteiger partial charge in [-0.05, 0) is 79.9 Å². The van der Waals surface area contributed by atoms with E-state index >= 15 is 0 Å². The zero-order valence-corrected chi connectivity index (χ0v) is 20.2. The Kier molecular flexibility index (Phi) is 6.23. The number of halogens is 2. The fraction of sp³-hybridized carbons (Fsp3) is 0.143. The van der Waals surface area contributed by atoms with Crippen LogP contribution >= 0.6 is 0 Å². The summed E-state index contributed by atoms with van der Waals surface area (Å²) < 4.78 is 33.9. The maximum Gasteiger partial charge on any atom is 0.249 e. The molecule has 8 nitrogen and oxygen atoms in total. The van der Waals surface area contributed by atoms with E-state index in [2.05, 4.69) is 15.6 Å². The molecule has 1 heterocycles. The maximum absolute atomic E-state index is 15.0. The molecule has 192 valence electrons. The molecule has 0 spiro atoms. The molecule has 0 bridgehead atoms. The van der Waals surface area contributed by atoms with E-state index in [0.717, 1.165) is 6.07 Å². The predicted molar refractivity (Wildman–Crippen MR) is 137 cm³/mol. The third kappa shape index (κ3) is 4.75. The number of anilines is 2. The van der Waals surface area contributed by atoms with Crippen molar-refractivity contribution in [2.45, 2.75) is 19.8 Å². The molecule has 1 saturated carbocycles. The second kappa shape index (κ2) is 9.55. The van der Waals surface area contributed by atoms with Crippen LogP contribution in [-0.4, -0.2) is 22.7 Å². The fourth-order valence-corrected chi connectivity index (χ4v) is 4.13. The van der Waals surface area contributed by atoms with Gasteiger partial charge in [-0.2, -0.15) is 0 Å². The quantitative estimate of drug-likeness (QED) is 0.296. The predicted octanol–water partition coefficient (Wildman–Crippen LogP) is 5.07. The third-order valence-electron chi connectivity index (χ3n) is 6.44. The van der Waals surface area contributed by atoms with Gasteiger partial charge in [-0.3, -0.25) is 19.4 Å². The Morgan fingerprint density at radius 1 is 0.895 bits per heavy atom. The van der Waals surface area contributed by atoms with Crippen LogP contribution in [0.4, 0.5) is 20.2 Å². The Morgan fingerprint density at radius 3 is 2.18 bits per heavy atom. The Bertz CT molecular complexity index is 1600. The summed E-state index contributed by atoms with van der Waals surface area (Å²) in [5.74, 6) is -2.62. The molecule has 3 aromatic carbocycles. The average molecular weight is 517 g/mol. The van der Waals surface area contributed by atoms with Crippen LogP contribution in [0.1, 0.15) is 28.8 Å². The largest absolute Gasteiger partial charge is 0.454 e. The van der Waals surface area contributed by atoms with E-state index in [1.54, 1.807) is 25.1 Å². The van der Waals surface area contributed by atoms with Gasteiger partial charge in [0.2, 0.25) is 17.7 Å². The third-order valence-corrected chi connectivity index (χ3v) is 6.44. The number of nitrogens with two attached hydrogens (primary N) is 1. The summed E-state index contributed by atoms with van der Waals surface area (Å²) in [7, 11) is 0. The van der Waals surface area contributed by atoms with Crippen LogP contribution in [0.3, 0.4) is 0 Å². The lowest BCUT2D eigenvalue weighted by Crippen LogP contribution is -2.35. The number of benzene rings is 3. The molecule has 1 fully saturated rings. The van der Waals surface area contributed by atoms with Gasteiger partial charge < -0.3 is 21.1 Å². The van der Waals surface area contributed by atoms with Crippen LogP contribution in [-0.2, 0) is 9.59 Å². The lowest BCUT2D eigenvalue weighted by molar-refractivity contribution is -0.131. The number of carbonyl (C=O) groups is 3. The van der Waals surface area contributed by atoms with Crippen molar-refractivity contribution in [2.75, 3.05) is 10.6 Å². The summed E-state index contributed by atoms with van der Waals surface area (Å²) in [6.07, 6.45) is 2.14. The molecule has 5 rings (SSSR count). The topological polar surface area (TPSA) is 123 Å². The fourth-order valence-electron chi connectivity index (χ4n) is 4.13. The smallest absolute Gasteiger partial charge is 0.249 e. The number of pyridine rings is 1. The number of fused-ring (bicyclic) bond motifs is 1. The number of hydrogen-bond acceptors (Lipinski definition) is 5. The van der Waals surface area contributed by atoms with Gasteiger partial charge in [-0.1, -0.05) is 0 Å². The van der Waals surface area contributed by atoms with Gasteiger partial charge >= 0.3 is 0 Å². The second-order valence-corrected chi connectivity index (χ2v) is 9.10. The van der Waals surface area contributed by atoms with Gasteiger partial charge in [0.15, 0.2) is 11.6 Å². The standard InChI is InChI=1S/C28H22F2N4O4/c1-15-12-20-22(14-19(15)25(31)35)32-11-8-23(20)38-24-7-6-18(13-21(24)30)34-27(37)28(9-10-28)26(36)33-17-4-2-16(29)3-5-17/h2-8,11-14H,9-10H2,1H3,(H2,31,35)(H,33,36)(H,34,37). The minimum atomic E-state index is -1.28. The normalized spacial score (nSPS) is 13.6. The molecule has 10 heteroatoms. The van der Waals surface area contributed by atoms with Crippen LogP contribution in [0.5, 0.6) is 11.5 Å². The van der Waals surface area contributed by atoms with E-state index in [1.807, 2.05) is 0 Å². The molecule has 1 aliphatic carbocycles. The van der Waals surface area contributed by atoms with Crippen molar-refractivity contribution in [3.8, 4) is 11.5 Å². The average Bonchev–Trinajstić information content (AvgIpc) is 3.69. The van der Waals surface area contributed by atoms with E-state index in [-0.39, 0.29) is 11.4 Å². The number of hydrogen-bond donors (Lipinski definition) is 3. The van der Waals surface area contributed by atoms with Gasteiger partial charge in [0.05, 0.1) is 5.52 Å². The number of nitrogens with one attached hydrogen (secondary N) is 2. The molecule has 0 saturated heterocycles. The van der Waals surface area contributed by atoms with Crippen LogP contribution < -0.4 is 21.1 Å². The van der Waals surface area contributed by atoms with E-state index < -0.39 is 34.8 Å². The van der Waals surface area contributed by atoms with Crippen molar-refractivity contribution < 1.29 is 27.9 Å². The second-order valence-electron chi connectivity index (χ2n) is 9.10. The molecule has 0 atom stereocenters. The molecule has 0 unspecified atom stereocenters. The zero-order valence-electron chi connectivity index (χ0n) is 20.2. The van der Waals surface area contributed by atoms with Crippen molar-refractivity contribution in [1.82, 2.24) is 4.98 Å². The van der Waals surface area contributed by atoms with E-state index in [4.69, 9.17) is 10.5 Å². The van der Waals surface area contributed by atoms with E-state index in [9.17, 15) is 23.2 Å². The Morgan fingerprint density at radius 2 is 1.55 bits per heavy atom. The highest BCUT2D eigenvalue weighted by molar-refractivity contribution is 6.16. The first-order valence-electron chi connectivity index (χ1n) is 11.7. The highest BCUT2D eigenvalue weighted by Crippen LogP contribution is 2.47.